The smallest absolute Gasteiger partial charge is 0.141 e. The standard InChI is InChI=1S/C7H9ClN4/c8-6-5(2-1-3-9)7(10)12-4-11-6/h1-2,4H,3,9H2,(H2,10,11,12). The van der Waals surface area contributed by atoms with Crippen LogP contribution in [0.15, 0.2) is 12.4 Å². The first-order valence-electron chi connectivity index (χ1n) is 3.38. The highest BCUT2D eigenvalue weighted by atomic mass is 35.5. The van der Waals surface area contributed by atoms with Gasteiger partial charge in [0.05, 0.1) is 5.56 Å². The molecule has 0 aromatic carbocycles. The Morgan fingerprint density at radius 1 is 1.50 bits per heavy atom. The normalized spacial score (nSPS) is 10.8. The quantitative estimate of drug-likeness (QED) is 0.663. The fourth-order valence-electron chi connectivity index (χ4n) is 0.727. The van der Waals surface area contributed by atoms with Crippen LogP contribution < -0.4 is 11.5 Å². The van der Waals surface area contributed by atoms with E-state index in [0.717, 1.165) is 0 Å². The van der Waals surface area contributed by atoms with Gasteiger partial charge in [-0.3, -0.25) is 0 Å². The van der Waals surface area contributed by atoms with Crippen molar-refractivity contribution in [3.63, 3.8) is 0 Å². The topological polar surface area (TPSA) is 77.8 Å². The zero-order valence-corrected chi connectivity index (χ0v) is 7.12. The van der Waals surface area contributed by atoms with Gasteiger partial charge in [-0.1, -0.05) is 23.8 Å². The molecule has 0 radical (unpaired) electrons. The third kappa shape index (κ3) is 1.93. The predicted octanol–water partition coefficient (Wildman–Crippen LogP) is 0.684. The minimum absolute atomic E-state index is 0.340. The fraction of sp³-hybridized carbons (Fsp3) is 0.143. The van der Waals surface area contributed by atoms with Crippen molar-refractivity contribution < 1.29 is 0 Å². The van der Waals surface area contributed by atoms with Crippen molar-refractivity contribution in [1.82, 2.24) is 9.97 Å². The van der Waals surface area contributed by atoms with E-state index in [4.69, 9.17) is 23.1 Å². The number of nitrogens with two attached hydrogens (primary N) is 2. The molecule has 1 aromatic heterocycles. The van der Waals surface area contributed by atoms with Crippen LogP contribution in [-0.4, -0.2) is 16.5 Å². The van der Waals surface area contributed by atoms with Gasteiger partial charge in [0, 0.05) is 6.54 Å². The van der Waals surface area contributed by atoms with E-state index < -0.39 is 0 Å². The average molecular weight is 185 g/mol. The lowest BCUT2D eigenvalue weighted by atomic mass is 10.3. The van der Waals surface area contributed by atoms with E-state index in [1.807, 2.05) is 0 Å². The summed E-state index contributed by atoms with van der Waals surface area (Å²) in [5.41, 5.74) is 11.4. The van der Waals surface area contributed by atoms with E-state index in [9.17, 15) is 0 Å². The molecule has 0 amide bonds. The molecule has 0 spiro atoms. The van der Waals surface area contributed by atoms with Gasteiger partial charge in [-0.2, -0.15) is 0 Å². The maximum Gasteiger partial charge on any atom is 0.141 e. The largest absolute Gasteiger partial charge is 0.383 e. The lowest BCUT2D eigenvalue weighted by Gasteiger charge is -1.99. The van der Waals surface area contributed by atoms with Gasteiger partial charge in [0.15, 0.2) is 0 Å². The van der Waals surface area contributed by atoms with Crippen molar-refractivity contribution in [2.24, 2.45) is 5.73 Å². The molecule has 1 aromatic rings. The Bertz CT molecular complexity index is 277. The highest BCUT2D eigenvalue weighted by molar-refractivity contribution is 6.31. The second-order valence-electron chi connectivity index (χ2n) is 2.10. The lowest BCUT2D eigenvalue weighted by Crippen LogP contribution is -1.97. The first-order valence-corrected chi connectivity index (χ1v) is 3.76. The van der Waals surface area contributed by atoms with Crippen molar-refractivity contribution in [2.75, 3.05) is 12.3 Å². The fourth-order valence-corrected chi connectivity index (χ4v) is 0.930. The van der Waals surface area contributed by atoms with Crippen LogP contribution in [0.1, 0.15) is 5.56 Å². The minimum Gasteiger partial charge on any atom is -0.383 e. The molecule has 0 unspecified atom stereocenters. The van der Waals surface area contributed by atoms with Crippen molar-refractivity contribution in [2.45, 2.75) is 0 Å². The van der Waals surface area contributed by atoms with Gasteiger partial charge >= 0.3 is 0 Å². The highest BCUT2D eigenvalue weighted by Gasteiger charge is 2.01. The first kappa shape index (κ1) is 8.96. The van der Waals surface area contributed by atoms with Gasteiger partial charge in [0.25, 0.3) is 0 Å². The predicted molar refractivity (Wildman–Crippen MR) is 49.5 cm³/mol. The van der Waals surface area contributed by atoms with Crippen LogP contribution in [0.5, 0.6) is 0 Å². The molecule has 0 saturated carbocycles. The molecule has 0 aliphatic carbocycles. The average Bonchev–Trinajstić information content (AvgIpc) is 2.04. The van der Waals surface area contributed by atoms with Crippen LogP contribution in [0.25, 0.3) is 6.08 Å². The van der Waals surface area contributed by atoms with Crippen LogP contribution in [0.3, 0.4) is 0 Å². The molecule has 12 heavy (non-hydrogen) atoms. The van der Waals surface area contributed by atoms with E-state index in [1.54, 1.807) is 12.2 Å². The first-order chi connectivity index (χ1) is 5.75. The number of halogens is 1. The summed E-state index contributed by atoms with van der Waals surface area (Å²) in [4.78, 5) is 7.56. The van der Waals surface area contributed by atoms with Crippen molar-refractivity contribution in [3.05, 3.63) is 23.1 Å². The van der Waals surface area contributed by atoms with Crippen LogP contribution in [0.4, 0.5) is 5.82 Å². The molecule has 1 heterocycles. The Balaban J connectivity index is 3.04. The van der Waals surface area contributed by atoms with Crippen molar-refractivity contribution >= 4 is 23.5 Å². The summed E-state index contributed by atoms with van der Waals surface area (Å²) in [6.07, 6.45) is 4.76. The second-order valence-corrected chi connectivity index (χ2v) is 2.46. The van der Waals surface area contributed by atoms with Gasteiger partial charge in [0.1, 0.15) is 17.3 Å². The summed E-state index contributed by atoms with van der Waals surface area (Å²) < 4.78 is 0. The van der Waals surface area contributed by atoms with Crippen LogP contribution >= 0.6 is 11.6 Å². The summed E-state index contributed by atoms with van der Waals surface area (Å²) in [5.74, 6) is 0.361. The molecule has 1 rings (SSSR count). The molecular weight excluding hydrogens is 176 g/mol. The summed E-state index contributed by atoms with van der Waals surface area (Å²) >= 11 is 5.74. The molecule has 0 aliphatic rings. The van der Waals surface area contributed by atoms with E-state index in [2.05, 4.69) is 9.97 Å². The number of hydrogen-bond acceptors (Lipinski definition) is 4. The Hall–Kier alpha value is -1.13. The molecule has 5 heteroatoms. The molecule has 0 bridgehead atoms. The minimum atomic E-state index is 0.340. The third-order valence-corrected chi connectivity index (χ3v) is 1.59. The summed E-state index contributed by atoms with van der Waals surface area (Å²) in [7, 11) is 0. The number of nitrogen functional groups attached to an aromatic ring is 1. The zero-order valence-electron chi connectivity index (χ0n) is 6.37. The van der Waals surface area contributed by atoms with Crippen molar-refractivity contribution in [3.8, 4) is 0 Å². The van der Waals surface area contributed by atoms with Crippen LogP contribution in [0, 0.1) is 0 Å². The second kappa shape index (κ2) is 4.04. The number of anilines is 1. The Morgan fingerprint density at radius 3 is 2.83 bits per heavy atom. The monoisotopic (exact) mass is 184 g/mol. The van der Waals surface area contributed by atoms with Crippen molar-refractivity contribution in [1.29, 1.82) is 0 Å². The molecule has 64 valence electrons. The Labute approximate surface area is 75.3 Å². The highest BCUT2D eigenvalue weighted by Crippen LogP contribution is 2.17. The van der Waals surface area contributed by atoms with Gasteiger partial charge in [0.2, 0.25) is 0 Å². The maximum atomic E-state index is 5.74. The summed E-state index contributed by atoms with van der Waals surface area (Å²) in [5, 5.41) is 0.340. The van der Waals surface area contributed by atoms with E-state index >= 15 is 0 Å². The third-order valence-electron chi connectivity index (χ3n) is 1.29. The summed E-state index contributed by atoms with van der Waals surface area (Å²) in [6, 6.07) is 0. The van der Waals surface area contributed by atoms with E-state index in [-0.39, 0.29) is 0 Å². The van der Waals surface area contributed by atoms with Gasteiger partial charge in [-0.25, -0.2) is 9.97 Å². The number of rotatable bonds is 2. The van der Waals surface area contributed by atoms with Crippen LogP contribution in [0.2, 0.25) is 5.15 Å². The number of hydrogen-bond donors (Lipinski definition) is 2. The van der Waals surface area contributed by atoms with Gasteiger partial charge in [-0.05, 0) is 0 Å². The number of aromatic nitrogens is 2. The van der Waals surface area contributed by atoms with E-state index in [0.29, 0.717) is 23.1 Å². The molecule has 4 N–H and O–H groups in total. The SMILES string of the molecule is NCC=Cc1c(N)ncnc1Cl. The summed E-state index contributed by atoms with van der Waals surface area (Å²) in [6.45, 7) is 0.435. The molecular formula is C7H9ClN4. The Kier molecular flexibility index (Phi) is 3.01. The maximum absolute atomic E-state index is 5.74. The van der Waals surface area contributed by atoms with E-state index in [1.165, 1.54) is 6.33 Å². The van der Waals surface area contributed by atoms with Gasteiger partial charge in [-0.15, -0.1) is 0 Å². The Morgan fingerprint density at radius 2 is 2.25 bits per heavy atom. The van der Waals surface area contributed by atoms with Crippen LogP contribution in [-0.2, 0) is 0 Å². The molecule has 0 fully saturated rings. The zero-order chi connectivity index (χ0) is 8.97. The molecule has 0 atom stereocenters. The van der Waals surface area contributed by atoms with Gasteiger partial charge < -0.3 is 11.5 Å². The molecule has 4 nitrogen and oxygen atoms in total. The number of nitrogens with zero attached hydrogens (tertiary/aromatic N) is 2. The molecule has 0 aliphatic heterocycles. The lowest BCUT2D eigenvalue weighted by molar-refractivity contribution is 1.17. The molecule has 0 saturated heterocycles.